The first-order valence-corrected chi connectivity index (χ1v) is 6.54. The smallest absolute Gasteiger partial charge is 0.0760 e. The van der Waals surface area contributed by atoms with Gasteiger partial charge in [-0.15, -0.1) is 0 Å². The molecule has 1 N–H and O–H groups in total. The van der Waals surface area contributed by atoms with Crippen molar-refractivity contribution in [3.8, 4) is 0 Å². The molecule has 1 aliphatic heterocycles. The first-order chi connectivity index (χ1) is 7.44. The lowest BCUT2D eigenvalue weighted by Crippen LogP contribution is -2.59. The van der Waals surface area contributed by atoms with Gasteiger partial charge in [-0.3, -0.25) is 4.90 Å². The normalized spacial score (nSPS) is 26.8. The van der Waals surface area contributed by atoms with Gasteiger partial charge in [-0.2, -0.15) is 0 Å². The Kier molecular flexibility index (Phi) is 3.98. The van der Waals surface area contributed by atoms with Crippen LogP contribution in [0.1, 0.15) is 48.5 Å². The fourth-order valence-electron chi connectivity index (χ4n) is 2.77. The molecule has 0 aromatic carbocycles. The van der Waals surface area contributed by atoms with Crippen LogP contribution in [0.25, 0.3) is 0 Å². The molecular formula is C14H29NO2. The van der Waals surface area contributed by atoms with Crippen LogP contribution in [0.3, 0.4) is 0 Å². The Morgan fingerprint density at radius 1 is 1.18 bits per heavy atom. The molecule has 0 spiro atoms. The topological polar surface area (TPSA) is 32.7 Å². The average molecular weight is 243 g/mol. The number of ether oxygens (including phenoxy) is 1. The van der Waals surface area contributed by atoms with Crippen molar-refractivity contribution < 1.29 is 9.84 Å². The van der Waals surface area contributed by atoms with Gasteiger partial charge >= 0.3 is 0 Å². The molecule has 102 valence electrons. The minimum Gasteiger partial charge on any atom is -0.393 e. The van der Waals surface area contributed by atoms with E-state index in [1.54, 1.807) is 0 Å². The molecule has 0 saturated carbocycles. The molecule has 0 amide bonds. The van der Waals surface area contributed by atoms with E-state index in [2.05, 4.69) is 46.4 Å². The van der Waals surface area contributed by atoms with Gasteiger partial charge in [-0.1, -0.05) is 13.8 Å². The maximum absolute atomic E-state index is 9.81. The fourth-order valence-corrected chi connectivity index (χ4v) is 2.77. The molecule has 1 rings (SSSR count). The summed E-state index contributed by atoms with van der Waals surface area (Å²) < 4.78 is 6.06. The minimum absolute atomic E-state index is 0.0799. The molecule has 1 saturated heterocycles. The van der Waals surface area contributed by atoms with Gasteiger partial charge in [-0.05, 0) is 34.6 Å². The Balaban J connectivity index is 2.72. The summed E-state index contributed by atoms with van der Waals surface area (Å²) in [5.74, 6) is 0. The Hall–Kier alpha value is -0.120. The molecule has 1 heterocycles. The Morgan fingerprint density at radius 2 is 1.59 bits per heavy atom. The summed E-state index contributed by atoms with van der Waals surface area (Å²) >= 11 is 0. The molecule has 1 atom stereocenters. The number of nitrogens with zero attached hydrogens (tertiary/aromatic N) is 1. The first-order valence-electron chi connectivity index (χ1n) is 6.54. The maximum Gasteiger partial charge on any atom is 0.0760 e. The van der Waals surface area contributed by atoms with E-state index in [9.17, 15) is 5.11 Å². The molecule has 0 aliphatic carbocycles. The summed E-state index contributed by atoms with van der Waals surface area (Å²) in [6.07, 6.45) is -0.295. The summed E-state index contributed by atoms with van der Waals surface area (Å²) in [7, 11) is 0. The zero-order valence-corrected chi connectivity index (χ0v) is 12.5. The molecule has 3 heteroatoms. The van der Waals surface area contributed by atoms with Gasteiger partial charge in [0.1, 0.15) is 0 Å². The molecule has 1 aliphatic rings. The van der Waals surface area contributed by atoms with Crippen LogP contribution in [0, 0.1) is 5.41 Å². The number of rotatable bonds is 3. The van der Waals surface area contributed by atoms with Crippen LogP contribution in [0.2, 0.25) is 0 Å². The van der Waals surface area contributed by atoms with E-state index >= 15 is 0 Å². The molecule has 0 aromatic heterocycles. The van der Waals surface area contributed by atoms with Crippen molar-refractivity contribution in [1.82, 2.24) is 4.90 Å². The number of aliphatic hydroxyl groups is 1. The second kappa shape index (κ2) is 4.52. The monoisotopic (exact) mass is 243 g/mol. The Morgan fingerprint density at radius 3 is 1.94 bits per heavy atom. The average Bonchev–Trinajstić information content (AvgIpc) is 1.94. The first kappa shape index (κ1) is 14.9. The predicted octanol–water partition coefficient (Wildman–Crippen LogP) is 2.28. The van der Waals surface area contributed by atoms with E-state index in [0.717, 1.165) is 19.6 Å². The fraction of sp³-hybridized carbons (Fsp3) is 1.00. The second-order valence-corrected chi connectivity index (χ2v) is 7.43. The zero-order valence-electron chi connectivity index (χ0n) is 12.5. The lowest BCUT2D eigenvalue weighted by Gasteiger charge is -2.49. The van der Waals surface area contributed by atoms with Crippen molar-refractivity contribution in [2.45, 2.75) is 65.8 Å². The highest BCUT2D eigenvalue weighted by atomic mass is 16.5. The molecule has 0 aromatic rings. The van der Waals surface area contributed by atoms with E-state index in [-0.39, 0.29) is 22.7 Å². The highest BCUT2D eigenvalue weighted by molar-refractivity contribution is 4.91. The standard InChI is InChI=1S/C14H29NO2/c1-11(16)12(2,3)8-15-9-13(4,5)17-14(6,7)10-15/h11,16H,8-10H2,1-7H3. The Labute approximate surface area is 106 Å². The molecule has 1 fully saturated rings. The van der Waals surface area contributed by atoms with E-state index in [4.69, 9.17) is 4.74 Å². The molecule has 17 heavy (non-hydrogen) atoms. The molecule has 0 radical (unpaired) electrons. The van der Waals surface area contributed by atoms with Crippen LogP contribution in [0.5, 0.6) is 0 Å². The Bertz CT molecular complexity index is 253. The second-order valence-electron chi connectivity index (χ2n) is 7.43. The molecule has 0 bridgehead atoms. The highest BCUT2D eigenvalue weighted by Gasteiger charge is 2.40. The third kappa shape index (κ3) is 4.23. The summed E-state index contributed by atoms with van der Waals surface area (Å²) in [5, 5.41) is 9.81. The van der Waals surface area contributed by atoms with Gasteiger partial charge in [-0.25, -0.2) is 0 Å². The molecule has 3 nitrogen and oxygen atoms in total. The van der Waals surface area contributed by atoms with Crippen LogP contribution in [0.15, 0.2) is 0 Å². The van der Waals surface area contributed by atoms with Crippen molar-refractivity contribution in [2.75, 3.05) is 19.6 Å². The van der Waals surface area contributed by atoms with E-state index < -0.39 is 0 Å². The lowest BCUT2D eigenvalue weighted by molar-refractivity contribution is -0.186. The quantitative estimate of drug-likeness (QED) is 0.825. The lowest BCUT2D eigenvalue weighted by atomic mass is 9.85. The van der Waals surface area contributed by atoms with Gasteiger partial charge in [0.05, 0.1) is 17.3 Å². The third-order valence-corrected chi connectivity index (χ3v) is 3.52. The van der Waals surface area contributed by atoms with Crippen LogP contribution in [-0.2, 0) is 4.74 Å². The van der Waals surface area contributed by atoms with Crippen LogP contribution in [0.4, 0.5) is 0 Å². The third-order valence-electron chi connectivity index (χ3n) is 3.52. The zero-order chi connectivity index (χ0) is 13.5. The van der Waals surface area contributed by atoms with E-state index in [0.29, 0.717) is 0 Å². The van der Waals surface area contributed by atoms with E-state index in [1.165, 1.54) is 0 Å². The molecule has 1 unspecified atom stereocenters. The largest absolute Gasteiger partial charge is 0.393 e. The molecular weight excluding hydrogens is 214 g/mol. The van der Waals surface area contributed by atoms with Gasteiger partial charge in [0.15, 0.2) is 0 Å². The summed E-state index contributed by atoms with van der Waals surface area (Å²) in [5.41, 5.74) is -0.309. The summed E-state index contributed by atoms with van der Waals surface area (Å²) in [6.45, 7) is 17.4. The van der Waals surface area contributed by atoms with Crippen molar-refractivity contribution in [2.24, 2.45) is 5.41 Å². The number of morpholine rings is 1. The van der Waals surface area contributed by atoms with Crippen molar-refractivity contribution in [3.63, 3.8) is 0 Å². The SMILES string of the molecule is CC(O)C(C)(C)CN1CC(C)(C)OC(C)(C)C1. The maximum atomic E-state index is 9.81. The number of aliphatic hydroxyl groups excluding tert-OH is 1. The number of hydrogen-bond acceptors (Lipinski definition) is 3. The van der Waals surface area contributed by atoms with Crippen LogP contribution in [-0.4, -0.2) is 46.9 Å². The summed E-state index contributed by atoms with van der Waals surface area (Å²) in [4.78, 5) is 2.41. The van der Waals surface area contributed by atoms with E-state index in [1.807, 2.05) is 6.92 Å². The summed E-state index contributed by atoms with van der Waals surface area (Å²) in [6, 6.07) is 0. The highest BCUT2D eigenvalue weighted by Crippen LogP contribution is 2.31. The van der Waals surface area contributed by atoms with Gasteiger partial charge in [0, 0.05) is 25.0 Å². The predicted molar refractivity (Wildman–Crippen MR) is 71.1 cm³/mol. The van der Waals surface area contributed by atoms with Gasteiger partial charge in [0.25, 0.3) is 0 Å². The number of hydrogen-bond donors (Lipinski definition) is 1. The van der Waals surface area contributed by atoms with Gasteiger partial charge < -0.3 is 9.84 Å². The van der Waals surface area contributed by atoms with Gasteiger partial charge in [0.2, 0.25) is 0 Å². The van der Waals surface area contributed by atoms with Crippen LogP contribution >= 0.6 is 0 Å². The minimum atomic E-state index is -0.295. The van der Waals surface area contributed by atoms with Crippen LogP contribution < -0.4 is 0 Å². The van der Waals surface area contributed by atoms with Crippen molar-refractivity contribution >= 4 is 0 Å². The van der Waals surface area contributed by atoms with Crippen molar-refractivity contribution in [3.05, 3.63) is 0 Å². The van der Waals surface area contributed by atoms with Crippen molar-refractivity contribution in [1.29, 1.82) is 0 Å².